The van der Waals surface area contributed by atoms with E-state index >= 15 is 0 Å². The Morgan fingerprint density at radius 3 is 2.76 bits per heavy atom. The minimum absolute atomic E-state index is 0.113. The topological polar surface area (TPSA) is 84.2 Å². The van der Waals surface area contributed by atoms with Gasteiger partial charge in [-0.05, 0) is 44.1 Å². The quantitative estimate of drug-likeness (QED) is 0.855. The Kier molecular flexibility index (Phi) is 3.69. The number of hydrogen-bond donors (Lipinski definition) is 2. The van der Waals surface area contributed by atoms with E-state index in [2.05, 4.69) is 10.4 Å². The summed E-state index contributed by atoms with van der Waals surface area (Å²) in [7, 11) is 0. The van der Waals surface area contributed by atoms with Crippen molar-refractivity contribution in [3.05, 3.63) is 18.0 Å². The van der Waals surface area contributed by atoms with Gasteiger partial charge in [0, 0.05) is 12.7 Å². The summed E-state index contributed by atoms with van der Waals surface area (Å²) in [6.07, 6.45) is 4.54. The Balaban J connectivity index is 1.66. The first-order chi connectivity index (χ1) is 10.1. The third-order valence-electron chi connectivity index (χ3n) is 5.05. The number of aliphatic carboxylic acids is 1. The number of carboxylic acid groups (broad SMARTS) is 1. The monoisotopic (exact) mass is 291 g/mol. The van der Waals surface area contributed by atoms with Crippen molar-refractivity contribution in [2.24, 2.45) is 23.7 Å². The highest BCUT2D eigenvalue weighted by Crippen LogP contribution is 2.52. The molecule has 2 N–H and O–H groups in total. The van der Waals surface area contributed by atoms with Crippen molar-refractivity contribution < 1.29 is 14.7 Å². The first-order valence-electron chi connectivity index (χ1n) is 7.63. The Labute approximate surface area is 123 Å². The molecule has 3 rings (SSSR count). The molecule has 1 aromatic rings. The lowest BCUT2D eigenvalue weighted by molar-refractivity contribution is -0.149. The highest BCUT2D eigenvalue weighted by atomic mass is 16.4. The van der Waals surface area contributed by atoms with Crippen LogP contribution in [0.5, 0.6) is 0 Å². The van der Waals surface area contributed by atoms with Crippen LogP contribution in [0, 0.1) is 23.7 Å². The molecule has 114 valence electrons. The van der Waals surface area contributed by atoms with E-state index in [1.807, 2.05) is 17.7 Å². The highest BCUT2D eigenvalue weighted by molar-refractivity contribution is 5.86. The summed E-state index contributed by atoms with van der Waals surface area (Å²) in [5.74, 6) is -1.37. The summed E-state index contributed by atoms with van der Waals surface area (Å²) in [6.45, 7) is 3.16. The van der Waals surface area contributed by atoms with Crippen molar-refractivity contribution in [1.29, 1.82) is 0 Å². The zero-order chi connectivity index (χ0) is 15.0. The molecule has 0 spiro atoms. The van der Waals surface area contributed by atoms with Crippen molar-refractivity contribution in [3.8, 4) is 0 Å². The van der Waals surface area contributed by atoms with Gasteiger partial charge in [0.15, 0.2) is 0 Å². The molecule has 2 bridgehead atoms. The van der Waals surface area contributed by atoms with Gasteiger partial charge in [-0.2, -0.15) is 5.10 Å². The minimum Gasteiger partial charge on any atom is -0.481 e. The molecule has 21 heavy (non-hydrogen) atoms. The summed E-state index contributed by atoms with van der Waals surface area (Å²) < 4.78 is 1.83. The van der Waals surface area contributed by atoms with Crippen LogP contribution in [0.4, 0.5) is 0 Å². The average molecular weight is 291 g/mol. The second-order valence-corrected chi connectivity index (χ2v) is 6.08. The second-order valence-electron chi connectivity index (χ2n) is 6.08. The van der Waals surface area contributed by atoms with Crippen LogP contribution in [-0.4, -0.2) is 26.8 Å². The molecule has 4 unspecified atom stereocenters. The molecule has 0 saturated heterocycles. The maximum atomic E-state index is 12.4. The molecule has 0 radical (unpaired) electrons. The fraction of sp³-hybridized carbons (Fsp3) is 0.667. The smallest absolute Gasteiger partial charge is 0.307 e. The van der Waals surface area contributed by atoms with Crippen molar-refractivity contribution >= 4 is 11.9 Å². The molecule has 2 saturated carbocycles. The Hall–Kier alpha value is -1.85. The second kappa shape index (κ2) is 5.50. The van der Waals surface area contributed by atoms with Crippen LogP contribution < -0.4 is 5.32 Å². The number of rotatable bonds is 5. The lowest BCUT2D eigenvalue weighted by atomic mass is 9.78. The zero-order valence-corrected chi connectivity index (χ0v) is 12.2. The van der Waals surface area contributed by atoms with Crippen LogP contribution in [0.25, 0.3) is 0 Å². The Morgan fingerprint density at radius 2 is 2.10 bits per heavy atom. The molecular weight excluding hydrogens is 270 g/mol. The van der Waals surface area contributed by atoms with Gasteiger partial charge in [0.05, 0.1) is 24.1 Å². The number of carbonyl (C=O) groups is 2. The van der Waals surface area contributed by atoms with Crippen LogP contribution in [0.2, 0.25) is 0 Å². The van der Waals surface area contributed by atoms with E-state index < -0.39 is 11.9 Å². The fourth-order valence-electron chi connectivity index (χ4n) is 4.11. The molecule has 6 nitrogen and oxygen atoms in total. The minimum atomic E-state index is -0.819. The lowest BCUT2D eigenvalue weighted by Crippen LogP contribution is -2.41. The molecule has 2 aliphatic rings. The lowest BCUT2D eigenvalue weighted by Gasteiger charge is -2.27. The first-order valence-corrected chi connectivity index (χ1v) is 7.63. The zero-order valence-electron chi connectivity index (χ0n) is 12.2. The first kappa shape index (κ1) is 14.1. The van der Waals surface area contributed by atoms with Gasteiger partial charge in [-0.25, -0.2) is 0 Å². The maximum Gasteiger partial charge on any atom is 0.307 e. The van der Waals surface area contributed by atoms with Gasteiger partial charge in [0.25, 0.3) is 0 Å². The predicted octanol–water partition coefficient (Wildman–Crippen LogP) is 1.27. The van der Waals surface area contributed by atoms with Gasteiger partial charge >= 0.3 is 5.97 Å². The number of nitrogens with one attached hydrogen (secondary N) is 1. The number of aryl methyl sites for hydroxylation is 1. The van der Waals surface area contributed by atoms with Gasteiger partial charge in [0.2, 0.25) is 5.91 Å². The normalized spacial score (nSPS) is 30.5. The van der Waals surface area contributed by atoms with E-state index in [-0.39, 0.29) is 23.7 Å². The van der Waals surface area contributed by atoms with Crippen LogP contribution in [0.3, 0.4) is 0 Å². The van der Waals surface area contributed by atoms with Crippen molar-refractivity contribution in [2.75, 3.05) is 0 Å². The van der Waals surface area contributed by atoms with Crippen LogP contribution in [-0.2, 0) is 22.7 Å². The highest BCUT2D eigenvalue weighted by Gasteiger charge is 2.53. The maximum absolute atomic E-state index is 12.4. The standard InChI is InChI=1S/C15H21N3O3/c1-2-18-11(5-6-17-18)8-16-14(19)12-9-3-4-10(7-9)13(12)15(20)21/h5-6,9-10,12-13H,2-4,7-8H2,1H3,(H,16,19)(H,20,21). The van der Waals surface area contributed by atoms with Gasteiger partial charge in [0.1, 0.15) is 0 Å². The number of amides is 1. The van der Waals surface area contributed by atoms with Crippen molar-refractivity contribution in [3.63, 3.8) is 0 Å². The van der Waals surface area contributed by atoms with Gasteiger partial charge in [-0.1, -0.05) is 0 Å². The molecule has 1 heterocycles. The van der Waals surface area contributed by atoms with E-state index in [4.69, 9.17) is 0 Å². The predicted molar refractivity (Wildman–Crippen MR) is 75.2 cm³/mol. The van der Waals surface area contributed by atoms with Crippen molar-refractivity contribution in [1.82, 2.24) is 15.1 Å². The van der Waals surface area contributed by atoms with Gasteiger partial charge in [-0.15, -0.1) is 0 Å². The third-order valence-corrected chi connectivity index (χ3v) is 5.05. The molecule has 0 aromatic carbocycles. The number of aromatic nitrogens is 2. The number of fused-ring (bicyclic) bond motifs is 2. The average Bonchev–Trinajstić information content (AvgIpc) is 3.18. The van der Waals surface area contributed by atoms with E-state index in [1.54, 1.807) is 6.20 Å². The van der Waals surface area contributed by atoms with Crippen LogP contribution >= 0.6 is 0 Å². The van der Waals surface area contributed by atoms with Crippen LogP contribution in [0.1, 0.15) is 31.9 Å². The molecule has 6 heteroatoms. The molecular formula is C15H21N3O3. The van der Waals surface area contributed by atoms with E-state index in [1.165, 1.54) is 0 Å². The third kappa shape index (κ3) is 2.43. The van der Waals surface area contributed by atoms with Gasteiger partial charge in [-0.3, -0.25) is 14.3 Å². The molecule has 1 aromatic heterocycles. The SMILES string of the molecule is CCn1nccc1CNC(=O)C1C2CCC(C2)C1C(=O)O. The molecule has 1 amide bonds. The number of hydrogen-bond acceptors (Lipinski definition) is 3. The number of carbonyl (C=O) groups excluding carboxylic acids is 1. The molecule has 2 aliphatic carbocycles. The summed E-state index contributed by atoms with van der Waals surface area (Å²) >= 11 is 0. The summed E-state index contributed by atoms with van der Waals surface area (Å²) in [5.41, 5.74) is 0.945. The Morgan fingerprint density at radius 1 is 1.38 bits per heavy atom. The largest absolute Gasteiger partial charge is 0.481 e. The summed E-state index contributed by atoms with van der Waals surface area (Å²) in [5, 5.41) is 16.5. The number of nitrogens with zero attached hydrogens (tertiary/aromatic N) is 2. The fourth-order valence-corrected chi connectivity index (χ4v) is 4.11. The summed E-state index contributed by atoms with van der Waals surface area (Å²) in [4.78, 5) is 23.9. The van der Waals surface area contributed by atoms with E-state index in [0.29, 0.717) is 6.54 Å². The molecule has 4 atom stereocenters. The Bertz CT molecular complexity index is 554. The van der Waals surface area contributed by atoms with Crippen molar-refractivity contribution in [2.45, 2.75) is 39.3 Å². The molecule has 0 aliphatic heterocycles. The van der Waals surface area contributed by atoms with E-state index in [0.717, 1.165) is 31.5 Å². The number of carboxylic acids is 1. The van der Waals surface area contributed by atoms with E-state index in [9.17, 15) is 14.7 Å². The van der Waals surface area contributed by atoms with Gasteiger partial charge < -0.3 is 10.4 Å². The van der Waals surface area contributed by atoms with Crippen LogP contribution in [0.15, 0.2) is 12.3 Å². The summed E-state index contributed by atoms with van der Waals surface area (Å²) in [6, 6.07) is 1.87. The molecule has 2 fully saturated rings.